The van der Waals surface area contributed by atoms with E-state index in [1.807, 2.05) is 0 Å². The molecule has 18 heavy (non-hydrogen) atoms. The van der Waals surface area contributed by atoms with E-state index in [4.69, 9.17) is 0 Å². The number of nitrogens with zero attached hydrogens (tertiary/aromatic N) is 1. The zero-order chi connectivity index (χ0) is 13.0. The van der Waals surface area contributed by atoms with Crippen molar-refractivity contribution in [2.75, 3.05) is 32.7 Å². The van der Waals surface area contributed by atoms with Crippen molar-refractivity contribution in [3.63, 3.8) is 0 Å². The van der Waals surface area contributed by atoms with E-state index in [9.17, 15) is 0 Å². The lowest BCUT2D eigenvalue weighted by Gasteiger charge is -2.42. The minimum atomic E-state index is 0.465. The second-order valence-electron chi connectivity index (χ2n) is 7.16. The van der Waals surface area contributed by atoms with Crippen molar-refractivity contribution in [1.82, 2.24) is 10.2 Å². The molecule has 1 saturated carbocycles. The molecule has 2 nitrogen and oxygen atoms in total. The molecule has 0 spiro atoms. The Balaban J connectivity index is 1.83. The van der Waals surface area contributed by atoms with Crippen LogP contribution in [0.2, 0.25) is 0 Å². The van der Waals surface area contributed by atoms with Crippen molar-refractivity contribution in [1.29, 1.82) is 0 Å². The highest BCUT2D eigenvalue weighted by molar-refractivity contribution is 4.86. The van der Waals surface area contributed by atoms with Crippen molar-refractivity contribution in [3.05, 3.63) is 0 Å². The van der Waals surface area contributed by atoms with E-state index in [0.29, 0.717) is 5.41 Å². The first-order chi connectivity index (χ1) is 8.62. The highest BCUT2D eigenvalue weighted by atomic mass is 15.1. The van der Waals surface area contributed by atoms with Crippen LogP contribution in [0.25, 0.3) is 0 Å². The van der Waals surface area contributed by atoms with E-state index in [0.717, 1.165) is 11.8 Å². The highest BCUT2D eigenvalue weighted by Crippen LogP contribution is 2.34. The number of rotatable bonds is 6. The fourth-order valence-electron chi connectivity index (χ4n) is 3.57. The zero-order valence-electron chi connectivity index (χ0n) is 12.7. The Morgan fingerprint density at radius 2 is 1.94 bits per heavy atom. The zero-order valence-corrected chi connectivity index (χ0v) is 12.7. The van der Waals surface area contributed by atoms with Crippen LogP contribution in [-0.4, -0.2) is 37.6 Å². The molecule has 2 rings (SSSR count). The average molecular weight is 252 g/mol. The van der Waals surface area contributed by atoms with Gasteiger partial charge in [-0.15, -0.1) is 0 Å². The summed E-state index contributed by atoms with van der Waals surface area (Å²) in [6.45, 7) is 13.6. The van der Waals surface area contributed by atoms with Crippen LogP contribution in [0.15, 0.2) is 0 Å². The lowest BCUT2D eigenvalue weighted by atomic mass is 9.74. The second-order valence-corrected chi connectivity index (χ2v) is 7.16. The third-order valence-electron chi connectivity index (χ3n) is 5.22. The van der Waals surface area contributed by atoms with Crippen LogP contribution < -0.4 is 5.32 Å². The summed E-state index contributed by atoms with van der Waals surface area (Å²) in [5, 5.41) is 3.58. The number of hydrogen-bond donors (Lipinski definition) is 1. The Hall–Kier alpha value is -0.0800. The minimum Gasteiger partial charge on any atom is -0.316 e. The van der Waals surface area contributed by atoms with E-state index in [1.54, 1.807) is 0 Å². The van der Waals surface area contributed by atoms with Gasteiger partial charge in [0, 0.05) is 13.1 Å². The topological polar surface area (TPSA) is 15.3 Å². The van der Waals surface area contributed by atoms with Gasteiger partial charge >= 0.3 is 0 Å². The lowest BCUT2D eigenvalue weighted by Crippen LogP contribution is -2.46. The predicted molar refractivity (Wildman–Crippen MR) is 78.8 cm³/mol. The summed E-state index contributed by atoms with van der Waals surface area (Å²) in [4.78, 5) is 2.71. The molecule has 0 aromatic heterocycles. The SMILES string of the molecule is CCN(CC1CCC1)CC(C)(C)C1CCCNC1. The van der Waals surface area contributed by atoms with Crippen molar-refractivity contribution < 1.29 is 0 Å². The quantitative estimate of drug-likeness (QED) is 0.781. The molecule has 1 saturated heterocycles. The van der Waals surface area contributed by atoms with Gasteiger partial charge in [0.05, 0.1) is 0 Å². The normalized spacial score (nSPS) is 26.3. The molecule has 2 aliphatic rings. The summed E-state index contributed by atoms with van der Waals surface area (Å²) in [7, 11) is 0. The maximum absolute atomic E-state index is 3.58. The van der Waals surface area contributed by atoms with Crippen LogP contribution in [0.5, 0.6) is 0 Å². The molecule has 0 aromatic rings. The highest BCUT2D eigenvalue weighted by Gasteiger charge is 2.32. The minimum absolute atomic E-state index is 0.465. The van der Waals surface area contributed by atoms with E-state index >= 15 is 0 Å². The maximum Gasteiger partial charge on any atom is 0.00358 e. The van der Waals surface area contributed by atoms with E-state index < -0.39 is 0 Å². The summed E-state index contributed by atoms with van der Waals surface area (Å²) in [5.41, 5.74) is 0.465. The Kier molecular flexibility index (Phi) is 5.08. The van der Waals surface area contributed by atoms with Gasteiger partial charge in [0.1, 0.15) is 0 Å². The first kappa shape index (κ1) is 14.3. The number of piperidine rings is 1. The summed E-state index contributed by atoms with van der Waals surface area (Å²) in [5.74, 6) is 1.87. The number of hydrogen-bond acceptors (Lipinski definition) is 2. The van der Waals surface area contributed by atoms with Gasteiger partial charge in [-0.3, -0.25) is 0 Å². The third-order valence-corrected chi connectivity index (χ3v) is 5.22. The molecule has 2 fully saturated rings. The van der Waals surface area contributed by atoms with Crippen LogP contribution in [0.3, 0.4) is 0 Å². The first-order valence-electron chi connectivity index (χ1n) is 8.05. The molecule has 1 unspecified atom stereocenters. The van der Waals surface area contributed by atoms with Gasteiger partial charge in [-0.1, -0.05) is 27.2 Å². The molecule has 0 radical (unpaired) electrons. The van der Waals surface area contributed by atoms with Crippen LogP contribution in [0.1, 0.15) is 52.9 Å². The first-order valence-corrected chi connectivity index (χ1v) is 8.05. The monoisotopic (exact) mass is 252 g/mol. The van der Waals surface area contributed by atoms with Gasteiger partial charge in [0.2, 0.25) is 0 Å². The smallest absolute Gasteiger partial charge is 0.00358 e. The van der Waals surface area contributed by atoms with E-state index in [2.05, 4.69) is 31.0 Å². The van der Waals surface area contributed by atoms with Crippen molar-refractivity contribution in [3.8, 4) is 0 Å². The van der Waals surface area contributed by atoms with Gasteiger partial charge in [0.15, 0.2) is 0 Å². The maximum atomic E-state index is 3.58. The number of nitrogens with one attached hydrogen (secondary N) is 1. The van der Waals surface area contributed by atoms with Crippen LogP contribution in [-0.2, 0) is 0 Å². The molecule has 0 bridgehead atoms. The van der Waals surface area contributed by atoms with Gasteiger partial charge in [0.25, 0.3) is 0 Å². The van der Waals surface area contributed by atoms with Crippen molar-refractivity contribution >= 4 is 0 Å². The van der Waals surface area contributed by atoms with Gasteiger partial charge in [-0.05, 0) is 62.6 Å². The molecule has 1 heterocycles. The fraction of sp³-hybridized carbons (Fsp3) is 1.00. The van der Waals surface area contributed by atoms with Crippen molar-refractivity contribution in [2.45, 2.75) is 52.9 Å². The molecule has 1 N–H and O–H groups in total. The van der Waals surface area contributed by atoms with E-state index in [-0.39, 0.29) is 0 Å². The van der Waals surface area contributed by atoms with Crippen molar-refractivity contribution in [2.24, 2.45) is 17.3 Å². The molecule has 2 heteroatoms. The Labute approximate surface area is 114 Å². The lowest BCUT2D eigenvalue weighted by molar-refractivity contribution is 0.0823. The third kappa shape index (κ3) is 3.71. The Bertz CT molecular complexity index is 239. The summed E-state index contributed by atoms with van der Waals surface area (Å²) in [6.07, 6.45) is 7.20. The largest absolute Gasteiger partial charge is 0.316 e. The predicted octanol–water partition coefficient (Wildman–Crippen LogP) is 3.13. The Morgan fingerprint density at radius 1 is 1.17 bits per heavy atom. The van der Waals surface area contributed by atoms with Crippen LogP contribution >= 0.6 is 0 Å². The van der Waals surface area contributed by atoms with Gasteiger partial charge in [-0.25, -0.2) is 0 Å². The summed E-state index contributed by atoms with van der Waals surface area (Å²) < 4.78 is 0. The van der Waals surface area contributed by atoms with Crippen LogP contribution in [0.4, 0.5) is 0 Å². The summed E-state index contributed by atoms with van der Waals surface area (Å²) >= 11 is 0. The van der Waals surface area contributed by atoms with E-state index in [1.165, 1.54) is 64.8 Å². The molecule has 106 valence electrons. The molecule has 1 atom stereocenters. The van der Waals surface area contributed by atoms with Gasteiger partial charge in [-0.2, -0.15) is 0 Å². The molecule has 0 aromatic carbocycles. The molecule has 1 aliphatic carbocycles. The Morgan fingerprint density at radius 3 is 2.44 bits per heavy atom. The standard InChI is InChI=1S/C16H32N2/c1-4-18(12-14-7-5-8-14)13-16(2,3)15-9-6-10-17-11-15/h14-15,17H,4-13H2,1-3H3. The van der Waals surface area contributed by atoms with Gasteiger partial charge < -0.3 is 10.2 Å². The second kappa shape index (κ2) is 6.38. The fourth-order valence-corrected chi connectivity index (χ4v) is 3.57. The average Bonchev–Trinajstić information content (AvgIpc) is 2.33. The molecule has 1 aliphatic heterocycles. The molecule has 0 amide bonds. The summed E-state index contributed by atoms with van der Waals surface area (Å²) in [6, 6.07) is 0. The molecular formula is C16H32N2. The molecular weight excluding hydrogens is 220 g/mol. The van der Waals surface area contributed by atoms with Crippen LogP contribution in [0, 0.1) is 17.3 Å².